The number of aryl methyl sites for hydroxylation is 1. The van der Waals surface area contributed by atoms with Gasteiger partial charge >= 0.3 is 0 Å². The van der Waals surface area contributed by atoms with Crippen molar-refractivity contribution in [2.24, 2.45) is 10.8 Å². The van der Waals surface area contributed by atoms with Crippen molar-refractivity contribution in [3.63, 3.8) is 0 Å². The molecule has 2 rings (SSSR count). The molecule has 0 bridgehead atoms. The maximum absolute atomic E-state index is 5.86. The van der Waals surface area contributed by atoms with Gasteiger partial charge in [0.05, 0.1) is 0 Å². The van der Waals surface area contributed by atoms with E-state index >= 15 is 0 Å². The summed E-state index contributed by atoms with van der Waals surface area (Å²) in [6.07, 6.45) is 4.41. The lowest BCUT2D eigenvalue weighted by molar-refractivity contribution is 0.105. The quantitative estimate of drug-likeness (QED) is 0.884. The lowest BCUT2D eigenvalue weighted by Gasteiger charge is -2.45. The summed E-state index contributed by atoms with van der Waals surface area (Å²) in [5.41, 5.74) is 6.59. The van der Waals surface area contributed by atoms with Gasteiger partial charge in [0.25, 0.3) is 0 Å². The van der Waals surface area contributed by atoms with Crippen molar-refractivity contribution in [1.82, 2.24) is 9.97 Å². The zero-order chi connectivity index (χ0) is 15.0. The Kier molecular flexibility index (Phi) is 3.94. The number of nitrogens with one attached hydrogen (secondary N) is 1. The monoisotopic (exact) mass is 276 g/mol. The second-order valence-corrected chi connectivity index (χ2v) is 7.70. The van der Waals surface area contributed by atoms with E-state index in [1.54, 1.807) is 0 Å². The van der Waals surface area contributed by atoms with Crippen LogP contribution < -0.4 is 11.1 Å². The van der Waals surface area contributed by atoms with Crippen molar-refractivity contribution in [1.29, 1.82) is 0 Å². The number of hydrogen-bond donors (Lipinski definition) is 2. The molecule has 1 aliphatic carbocycles. The summed E-state index contributed by atoms with van der Waals surface area (Å²) >= 11 is 0. The molecule has 1 fully saturated rings. The van der Waals surface area contributed by atoms with Crippen LogP contribution in [0, 0.1) is 10.8 Å². The highest BCUT2D eigenvalue weighted by atomic mass is 15.1. The van der Waals surface area contributed by atoms with Gasteiger partial charge in [-0.1, -0.05) is 34.6 Å². The maximum Gasteiger partial charge on any atom is 0.132 e. The van der Waals surface area contributed by atoms with Crippen molar-refractivity contribution in [3.8, 4) is 0 Å². The van der Waals surface area contributed by atoms with Crippen molar-refractivity contribution in [2.75, 3.05) is 11.1 Å². The number of aromatic nitrogens is 2. The minimum Gasteiger partial charge on any atom is -0.384 e. The minimum absolute atomic E-state index is 0.367. The van der Waals surface area contributed by atoms with Gasteiger partial charge in [0.1, 0.15) is 17.5 Å². The minimum atomic E-state index is 0.367. The van der Waals surface area contributed by atoms with Crippen molar-refractivity contribution in [2.45, 2.75) is 66.3 Å². The summed E-state index contributed by atoms with van der Waals surface area (Å²) < 4.78 is 0. The molecule has 1 aliphatic rings. The average Bonchev–Trinajstić information content (AvgIpc) is 2.23. The molecule has 112 valence electrons. The molecule has 1 heterocycles. The van der Waals surface area contributed by atoms with Gasteiger partial charge in [-0.3, -0.25) is 0 Å². The highest BCUT2D eigenvalue weighted by Crippen LogP contribution is 2.46. The van der Waals surface area contributed by atoms with Crippen molar-refractivity contribution >= 4 is 11.6 Å². The Hall–Kier alpha value is -1.32. The summed E-state index contributed by atoms with van der Waals surface area (Å²) in [6.45, 7) is 11.5. The molecule has 1 saturated carbocycles. The third-order valence-electron chi connectivity index (χ3n) is 4.02. The second-order valence-electron chi connectivity index (χ2n) is 7.70. The number of nitrogens with two attached hydrogens (primary N) is 1. The van der Waals surface area contributed by atoms with Crippen LogP contribution in [0.1, 0.15) is 59.7 Å². The van der Waals surface area contributed by atoms with Crippen LogP contribution in [0.15, 0.2) is 6.07 Å². The molecule has 0 unspecified atom stereocenters. The van der Waals surface area contributed by atoms with Gasteiger partial charge in [-0.2, -0.15) is 0 Å². The Bertz CT molecular complexity index is 463. The summed E-state index contributed by atoms with van der Waals surface area (Å²) in [7, 11) is 0. The lowest BCUT2D eigenvalue weighted by atomic mass is 9.63. The van der Waals surface area contributed by atoms with Gasteiger partial charge in [0.15, 0.2) is 0 Å². The number of rotatable bonds is 3. The van der Waals surface area contributed by atoms with Crippen LogP contribution in [0.25, 0.3) is 0 Å². The molecule has 4 heteroatoms. The molecular formula is C16H28N4. The molecule has 0 saturated heterocycles. The van der Waals surface area contributed by atoms with Crippen LogP contribution in [0.3, 0.4) is 0 Å². The Morgan fingerprint density at radius 1 is 1.20 bits per heavy atom. The zero-order valence-corrected chi connectivity index (χ0v) is 13.5. The van der Waals surface area contributed by atoms with E-state index < -0.39 is 0 Å². The van der Waals surface area contributed by atoms with Gasteiger partial charge in [-0.05, 0) is 30.1 Å². The van der Waals surface area contributed by atoms with E-state index in [2.05, 4.69) is 43.0 Å². The molecule has 1 aromatic heterocycles. The predicted molar refractivity (Wildman–Crippen MR) is 84.6 cm³/mol. The normalized spacial score (nSPS) is 21.6. The summed E-state index contributed by atoms with van der Waals surface area (Å²) in [5.74, 6) is 2.23. The standard InChI is InChI=1S/C16H28N4/c1-6-13-19-12(17)7-14(20-13)18-11-8-15(2,3)10-16(4,5)9-11/h7,11H,6,8-10H2,1-5H3,(H3,17,18,19,20). The van der Waals surface area contributed by atoms with E-state index in [9.17, 15) is 0 Å². The Labute approximate surface area is 122 Å². The number of nitrogen functional groups attached to an aromatic ring is 1. The van der Waals surface area contributed by atoms with E-state index in [-0.39, 0.29) is 0 Å². The molecule has 0 amide bonds. The van der Waals surface area contributed by atoms with Crippen LogP contribution in [0.5, 0.6) is 0 Å². The first-order chi connectivity index (χ1) is 9.19. The van der Waals surface area contributed by atoms with Gasteiger partial charge in [0.2, 0.25) is 0 Å². The zero-order valence-electron chi connectivity index (χ0n) is 13.5. The molecule has 0 aromatic carbocycles. The first-order valence-electron chi connectivity index (χ1n) is 7.59. The second kappa shape index (κ2) is 5.23. The van der Waals surface area contributed by atoms with Crippen molar-refractivity contribution in [3.05, 3.63) is 11.9 Å². The Morgan fingerprint density at radius 3 is 2.35 bits per heavy atom. The van der Waals surface area contributed by atoms with E-state index in [1.807, 2.05) is 13.0 Å². The molecule has 20 heavy (non-hydrogen) atoms. The van der Waals surface area contributed by atoms with Crippen LogP contribution >= 0.6 is 0 Å². The van der Waals surface area contributed by atoms with Crippen LogP contribution in [0.2, 0.25) is 0 Å². The highest BCUT2D eigenvalue weighted by Gasteiger charge is 2.38. The first-order valence-corrected chi connectivity index (χ1v) is 7.59. The SMILES string of the molecule is CCc1nc(N)cc(NC2CC(C)(C)CC(C)(C)C2)n1. The van der Waals surface area contributed by atoms with E-state index in [4.69, 9.17) is 5.73 Å². The molecule has 0 aliphatic heterocycles. The molecule has 4 nitrogen and oxygen atoms in total. The fourth-order valence-corrected chi connectivity index (χ4v) is 3.91. The third kappa shape index (κ3) is 3.84. The molecular weight excluding hydrogens is 248 g/mol. The fraction of sp³-hybridized carbons (Fsp3) is 0.750. The largest absolute Gasteiger partial charge is 0.384 e. The van der Waals surface area contributed by atoms with E-state index in [1.165, 1.54) is 19.3 Å². The maximum atomic E-state index is 5.86. The third-order valence-corrected chi connectivity index (χ3v) is 4.02. The first kappa shape index (κ1) is 15.1. The van der Waals surface area contributed by atoms with Gasteiger partial charge in [0, 0.05) is 18.5 Å². The molecule has 1 aromatic rings. The molecule has 0 radical (unpaired) electrons. The lowest BCUT2D eigenvalue weighted by Crippen LogP contribution is -2.40. The topological polar surface area (TPSA) is 63.8 Å². The summed E-state index contributed by atoms with van der Waals surface area (Å²) in [4.78, 5) is 8.77. The Balaban J connectivity index is 2.15. The highest BCUT2D eigenvalue weighted by molar-refractivity contribution is 5.45. The predicted octanol–water partition coefficient (Wildman–Crippen LogP) is 3.64. The molecule has 3 N–H and O–H groups in total. The number of nitrogens with zero attached hydrogens (tertiary/aromatic N) is 2. The average molecular weight is 276 g/mol. The van der Waals surface area contributed by atoms with E-state index in [0.717, 1.165) is 18.1 Å². The fourth-order valence-electron chi connectivity index (χ4n) is 3.91. The smallest absolute Gasteiger partial charge is 0.132 e. The van der Waals surface area contributed by atoms with Crippen LogP contribution in [-0.4, -0.2) is 16.0 Å². The molecule has 0 atom stereocenters. The van der Waals surface area contributed by atoms with Gasteiger partial charge in [-0.25, -0.2) is 9.97 Å². The number of anilines is 2. The van der Waals surface area contributed by atoms with Gasteiger partial charge < -0.3 is 11.1 Å². The van der Waals surface area contributed by atoms with Gasteiger partial charge in [-0.15, -0.1) is 0 Å². The Morgan fingerprint density at radius 2 is 1.80 bits per heavy atom. The van der Waals surface area contributed by atoms with Crippen LogP contribution in [0.4, 0.5) is 11.6 Å². The summed E-state index contributed by atoms with van der Waals surface area (Å²) in [5, 5.41) is 3.58. The van der Waals surface area contributed by atoms with E-state index in [0.29, 0.717) is 22.7 Å². The summed E-state index contributed by atoms with van der Waals surface area (Å²) in [6, 6.07) is 2.29. The van der Waals surface area contributed by atoms with Crippen LogP contribution in [-0.2, 0) is 6.42 Å². The molecule has 0 spiro atoms. The number of hydrogen-bond acceptors (Lipinski definition) is 4. The van der Waals surface area contributed by atoms with Crippen molar-refractivity contribution < 1.29 is 0 Å².